The van der Waals surface area contributed by atoms with Crippen molar-refractivity contribution in [2.24, 2.45) is 0 Å². The molecule has 2 aromatic carbocycles. The average Bonchev–Trinajstić information content (AvgIpc) is 3.16. The highest BCUT2D eigenvalue weighted by Crippen LogP contribution is 2.36. The summed E-state index contributed by atoms with van der Waals surface area (Å²) >= 11 is 18.0. The van der Waals surface area contributed by atoms with Gasteiger partial charge in [-0.25, -0.2) is 0 Å². The molecule has 0 aliphatic rings. The molecule has 0 aliphatic carbocycles. The van der Waals surface area contributed by atoms with Crippen molar-refractivity contribution < 1.29 is 23.6 Å². The van der Waals surface area contributed by atoms with Gasteiger partial charge in [0.15, 0.2) is 11.5 Å². The summed E-state index contributed by atoms with van der Waals surface area (Å²) in [5, 5.41) is 14.3. The van der Waals surface area contributed by atoms with E-state index in [4.69, 9.17) is 48.7 Å². The van der Waals surface area contributed by atoms with Gasteiger partial charge < -0.3 is 19.2 Å². The molecule has 0 atom stereocenters. The number of anilines is 1. The highest BCUT2D eigenvalue weighted by atomic mass is 35.5. The van der Waals surface area contributed by atoms with Gasteiger partial charge in [0.2, 0.25) is 0 Å². The second-order valence-corrected chi connectivity index (χ2v) is 7.10. The third-order valence-corrected chi connectivity index (χ3v) is 4.63. The Labute approximate surface area is 185 Å². The Balaban J connectivity index is 1.69. The van der Waals surface area contributed by atoms with Gasteiger partial charge in [-0.1, -0.05) is 34.8 Å². The predicted octanol–water partition coefficient (Wildman–Crippen LogP) is 5.99. The van der Waals surface area contributed by atoms with Crippen molar-refractivity contribution >= 4 is 52.1 Å². The number of nitrogens with zero attached hydrogens (tertiary/aromatic N) is 1. The lowest BCUT2D eigenvalue weighted by atomic mass is 10.2. The third-order valence-electron chi connectivity index (χ3n) is 3.85. The normalized spacial score (nSPS) is 10.5. The molecule has 11 heteroatoms. The number of hydrogen-bond donors (Lipinski definition) is 1. The molecule has 0 saturated heterocycles. The summed E-state index contributed by atoms with van der Waals surface area (Å²) in [7, 11) is 1.34. The Hall–Kier alpha value is -2.94. The van der Waals surface area contributed by atoms with E-state index in [2.05, 4.69) is 5.32 Å². The second-order valence-electron chi connectivity index (χ2n) is 5.85. The lowest BCUT2D eigenvalue weighted by Gasteiger charge is -2.09. The van der Waals surface area contributed by atoms with Gasteiger partial charge in [-0.05, 0) is 30.3 Å². The molecule has 0 spiro atoms. The zero-order valence-electron chi connectivity index (χ0n) is 15.3. The average molecular weight is 472 g/mol. The van der Waals surface area contributed by atoms with E-state index in [1.807, 2.05) is 0 Å². The van der Waals surface area contributed by atoms with Crippen molar-refractivity contribution in [1.29, 1.82) is 0 Å². The number of methoxy groups -OCH3 is 1. The van der Waals surface area contributed by atoms with Gasteiger partial charge in [0.1, 0.15) is 18.1 Å². The summed E-state index contributed by atoms with van der Waals surface area (Å²) in [6.45, 7) is -0.0325. The van der Waals surface area contributed by atoms with Gasteiger partial charge >= 0.3 is 0 Å². The molecule has 30 heavy (non-hydrogen) atoms. The molecule has 156 valence electrons. The van der Waals surface area contributed by atoms with E-state index in [-0.39, 0.29) is 45.3 Å². The van der Waals surface area contributed by atoms with Gasteiger partial charge in [-0.15, -0.1) is 0 Å². The van der Waals surface area contributed by atoms with Crippen LogP contribution in [-0.4, -0.2) is 17.9 Å². The zero-order chi connectivity index (χ0) is 21.8. The number of ether oxygens (including phenoxy) is 2. The van der Waals surface area contributed by atoms with Crippen LogP contribution in [0.2, 0.25) is 15.1 Å². The number of non-ortho nitro benzene ring substituents is 1. The molecule has 0 unspecified atom stereocenters. The topological polar surface area (TPSA) is 104 Å². The summed E-state index contributed by atoms with van der Waals surface area (Å²) in [5.74, 6) is 0.150. The van der Waals surface area contributed by atoms with Crippen LogP contribution in [0.5, 0.6) is 11.5 Å². The molecule has 3 aromatic rings. The first kappa shape index (κ1) is 21.8. The number of benzene rings is 2. The molecule has 0 aliphatic heterocycles. The zero-order valence-corrected chi connectivity index (χ0v) is 17.5. The number of nitrogens with one attached hydrogen (secondary N) is 1. The number of halogens is 3. The quantitative estimate of drug-likeness (QED) is 0.335. The summed E-state index contributed by atoms with van der Waals surface area (Å²) in [6, 6.07) is 9.81. The number of nitro benzene ring substituents is 1. The molecule has 8 nitrogen and oxygen atoms in total. The smallest absolute Gasteiger partial charge is 0.291 e. The number of carbonyl (C=O) groups excluding carboxylic acids is 1. The minimum atomic E-state index is -0.573. The van der Waals surface area contributed by atoms with Crippen molar-refractivity contribution in [2.45, 2.75) is 6.61 Å². The lowest BCUT2D eigenvalue weighted by Crippen LogP contribution is -2.12. The molecule has 0 bridgehead atoms. The van der Waals surface area contributed by atoms with E-state index in [1.165, 1.54) is 43.5 Å². The van der Waals surface area contributed by atoms with Gasteiger partial charge in [0.25, 0.3) is 11.6 Å². The summed E-state index contributed by atoms with van der Waals surface area (Å²) in [5.41, 5.74) is 0.0869. The number of nitro groups is 1. The second kappa shape index (κ2) is 9.25. The number of amides is 1. The van der Waals surface area contributed by atoms with Crippen LogP contribution in [-0.2, 0) is 6.61 Å². The van der Waals surface area contributed by atoms with Gasteiger partial charge in [0.05, 0.1) is 33.8 Å². The van der Waals surface area contributed by atoms with Crippen molar-refractivity contribution in [1.82, 2.24) is 0 Å². The molecule has 3 rings (SSSR count). The van der Waals surface area contributed by atoms with E-state index in [0.717, 1.165) is 0 Å². The molecule has 0 saturated carbocycles. The SMILES string of the molecule is COc1cc([N+](=O)[O-])ccc1NC(=O)c1ccc(COc2c(Cl)cc(Cl)cc2Cl)o1. The van der Waals surface area contributed by atoms with Gasteiger partial charge in [0, 0.05) is 11.1 Å². The van der Waals surface area contributed by atoms with Crippen molar-refractivity contribution in [2.75, 3.05) is 12.4 Å². The maximum Gasteiger partial charge on any atom is 0.291 e. The Bertz CT molecular complexity index is 1090. The maximum absolute atomic E-state index is 12.4. The fraction of sp³-hybridized carbons (Fsp3) is 0.105. The molecule has 1 heterocycles. The van der Waals surface area contributed by atoms with E-state index in [0.29, 0.717) is 10.8 Å². The number of furan rings is 1. The number of carbonyl (C=O) groups is 1. The van der Waals surface area contributed by atoms with E-state index < -0.39 is 10.8 Å². The predicted molar refractivity (Wildman–Crippen MR) is 112 cm³/mol. The van der Waals surface area contributed by atoms with Gasteiger partial charge in [-0.3, -0.25) is 14.9 Å². The van der Waals surface area contributed by atoms with Crippen LogP contribution < -0.4 is 14.8 Å². The first-order valence-electron chi connectivity index (χ1n) is 8.28. The molecule has 1 amide bonds. The Morgan fingerprint density at radius 3 is 2.47 bits per heavy atom. The molecular formula is C19H13Cl3N2O6. The van der Waals surface area contributed by atoms with Crippen LogP contribution in [0.3, 0.4) is 0 Å². The summed E-state index contributed by atoms with van der Waals surface area (Å²) < 4.78 is 16.1. The molecule has 1 aromatic heterocycles. The highest BCUT2D eigenvalue weighted by molar-refractivity contribution is 6.40. The minimum Gasteiger partial charge on any atom is -0.494 e. The van der Waals surface area contributed by atoms with Crippen molar-refractivity contribution in [3.63, 3.8) is 0 Å². The first-order chi connectivity index (χ1) is 14.3. The fourth-order valence-electron chi connectivity index (χ4n) is 2.47. The van der Waals surface area contributed by atoms with Crippen LogP contribution in [0.4, 0.5) is 11.4 Å². The molecule has 0 fully saturated rings. The van der Waals surface area contributed by atoms with Crippen LogP contribution in [0.25, 0.3) is 0 Å². The highest BCUT2D eigenvalue weighted by Gasteiger charge is 2.17. The minimum absolute atomic E-state index is 0.00214. The fourth-order valence-corrected chi connectivity index (χ4v) is 3.39. The lowest BCUT2D eigenvalue weighted by molar-refractivity contribution is -0.384. The number of hydrogen-bond acceptors (Lipinski definition) is 6. The number of rotatable bonds is 7. The van der Waals surface area contributed by atoms with Crippen LogP contribution in [0.1, 0.15) is 16.3 Å². The Kier molecular flexibility index (Phi) is 6.71. The third kappa shape index (κ3) is 4.96. The largest absolute Gasteiger partial charge is 0.494 e. The Morgan fingerprint density at radius 1 is 1.13 bits per heavy atom. The monoisotopic (exact) mass is 470 g/mol. The summed E-state index contributed by atoms with van der Waals surface area (Å²) in [4.78, 5) is 22.7. The van der Waals surface area contributed by atoms with Crippen LogP contribution in [0.15, 0.2) is 46.9 Å². The standard InChI is InChI=1S/C19H13Cl3N2O6/c1-28-17-8-11(24(26)27)2-4-15(17)23-19(25)16-5-3-12(30-16)9-29-18-13(21)6-10(20)7-14(18)22/h2-8H,9H2,1H3,(H,23,25). The van der Waals surface area contributed by atoms with Gasteiger partial charge in [-0.2, -0.15) is 0 Å². The van der Waals surface area contributed by atoms with E-state index >= 15 is 0 Å². The van der Waals surface area contributed by atoms with Crippen molar-refractivity contribution in [3.05, 3.63) is 79.2 Å². The summed E-state index contributed by atoms with van der Waals surface area (Å²) in [6.07, 6.45) is 0. The van der Waals surface area contributed by atoms with E-state index in [1.54, 1.807) is 6.07 Å². The Morgan fingerprint density at radius 2 is 1.83 bits per heavy atom. The van der Waals surface area contributed by atoms with Crippen LogP contribution >= 0.6 is 34.8 Å². The molecular weight excluding hydrogens is 459 g/mol. The maximum atomic E-state index is 12.4. The molecule has 0 radical (unpaired) electrons. The van der Waals surface area contributed by atoms with E-state index in [9.17, 15) is 14.9 Å². The first-order valence-corrected chi connectivity index (χ1v) is 9.41. The van der Waals surface area contributed by atoms with Crippen LogP contribution in [0, 0.1) is 10.1 Å². The molecule has 1 N–H and O–H groups in total. The van der Waals surface area contributed by atoms with Crippen molar-refractivity contribution in [3.8, 4) is 11.5 Å².